The molecule has 1 aromatic heterocycles. The van der Waals surface area contributed by atoms with Crippen LogP contribution in [0.25, 0.3) is 5.69 Å². The lowest BCUT2D eigenvalue weighted by molar-refractivity contribution is -0.147. The van der Waals surface area contributed by atoms with Gasteiger partial charge in [-0.2, -0.15) is 5.10 Å². The molecule has 138 valence electrons. The molecule has 0 spiro atoms. The lowest BCUT2D eigenvalue weighted by Gasteiger charge is -2.20. The average Bonchev–Trinajstić information content (AvgIpc) is 3.23. The van der Waals surface area contributed by atoms with Gasteiger partial charge in [-0.1, -0.05) is 0 Å². The molecule has 3 rings (SSSR count). The third-order valence-corrected chi connectivity index (χ3v) is 4.67. The number of nitrogens with zero attached hydrogens (tertiary/aromatic N) is 3. The van der Waals surface area contributed by atoms with E-state index in [1.54, 1.807) is 29.9 Å². The van der Waals surface area contributed by atoms with Crippen LogP contribution in [0.4, 0.5) is 9.18 Å². The average molecular weight is 360 g/mol. The molecular formula is C18H21FN4O3. The summed E-state index contributed by atoms with van der Waals surface area (Å²) >= 11 is 0. The predicted molar refractivity (Wildman–Crippen MR) is 92.6 cm³/mol. The van der Waals surface area contributed by atoms with E-state index < -0.39 is 11.4 Å². The van der Waals surface area contributed by atoms with Gasteiger partial charge in [-0.25, -0.2) is 13.9 Å². The number of aliphatic carboxylic acids is 1. The van der Waals surface area contributed by atoms with E-state index in [1.165, 1.54) is 17.0 Å². The number of aromatic nitrogens is 2. The second kappa shape index (κ2) is 7.15. The summed E-state index contributed by atoms with van der Waals surface area (Å²) in [5.74, 6) is -1.18. The number of nitrogens with one attached hydrogen (secondary N) is 1. The summed E-state index contributed by atoms with van der Waals surface area (Å²) in [6.45, 7) is 2.71. The number of rotatable bonds is 5. The molecule has 2 N–H and O–H groups in total. The monoisotopic (exact) mass is 360 g/mol. The first-order valence-electron chi connectivity index (χ1n) is 8.44. The van der Waals surface area contributed by atoms with E-state index in [1.807, 2.05) is 6.07 Å². The number of urea groups is 1. The van der Waals surface area contributed by atoms with Crippen molar-refractivity contribution in [3.63, 3.8) is 0 Å². The lowest BCUT2D eigenvalue weighted by Crippen LogP contribution is -2.41. The number of carbonyl (C=O) groups is 2. The van der Waals surface area contributed by atoms with E-state index in [4.69, 9.17) is 0 Å². The Bertz CT molecular complexity index is 805. The Labute approximate surface area is 150 Å². The van der Waals surface area contributed by atoms with Gasteiger partial charge < -0.3 is 15.3 Å². The van der Waals surface area contributed by atoms with Crippen LogP contribution in [-0.4, -0.2) is 51.4 Å². The van der Waals surface area contributed by atoms with Crippen molar-refractivity contribution in [1.29, 1.82) is 0 Å². The zero-order valence-electron chi connectivity index (χ0n) is 14.5. The normalized spacial score (nSPS) is 19.5. The summed E-state index contributed by atoms with van der Waals surface area (Å²) in [7, 11) is 0. The summed E-state index contributed by atoms with van der Waals surface area (Å²) < 4.78 is 14.6. The Kier molecular flexibility index (Phi) is 4.92. The predicted octanol–water partition coefficient (Wildman–Crippen LogP) is 2.06. The van der Waals surface area contributed by atoms with Crippen molar-refractivity contribution in [2.24, 2.45) is 5.41 Å². The molecule has 1 atom stereocenters. The van der Waals surface area contributed by atoms with Crippen molar-refractivity contribution in [1.82, 2.24) is 20.0 Å². The van der Waals surface area contributed by atoms with Crippen molar-refractivity contribution < 1.29 is 19.1 Å². The van der Waals surface area contributed by atoms with Crippen LogP contribution in [0.1, 0.15) is 19.0 Å². The number of hydrogen-bond acceptors (Lipinski definition) is 3. The standard InChI is InChI=1S/C18H21FN4O3/c1-18(16(24)25)8-11-22(12-18)17(26)20-9-6-14-7-10-23(21-14)15-4-2-13(19)3-5-15/h2-5,7,10H,6,8-9,11-12H2,1H3,(H,20,26)(H,24,25). The molecule has 0 saturated carbocycles. The number of hydrogen-bond donors (Lipinski definition) is 2. The molecule has 7 nitrogen and oxygen atoms in total. The Morgan fingerprint density at radius 2 is 2.04 bits per heavy atom. The van der Waals surface area contributed by atoms with Gasteiger partial charge >= 0.3 is 12.0 Å². The van der Waals surface area contributed by atoms with Gasteiger partial charge in [-0.05, 0) is 43.7 Å². The Morgan fingerprint density at radius 1 is 1.31 bits per heavy atom. The van der Waals surface area contributed by atoms with Gasteiger partial charge in [0.05, 0.1) is 16.8 Å². The molecule has 0 bridgehead atoms. The SMILES string of the molecule is CC1(C(=O)O)CCN(C(=O)NCCc2ccn(-c3ccc(F)cc3)n2)C1. The molecule has 2 aromatic rings. The van der Waals surface area contributed by atoms with Crippen LogP contribution in [0.5, 0.6) is 0 Å². The molecule has 0 radical (unpaired) electrons. The highest BCUT2D eigenvalue weighted by Crippen LogP contribution is 2.29. The van der Waals surface area contributed by atoms with Crippen LogP contribution >= 0.6 is 0 Å². The molecule has 2 heterocycles. The van der Waals surface area contributed by atoms with Gasteiger partial charge in [-0.3, -0.25) is 4.79 Å². The van der Waals surface area contributed by atoms with Gasteiger partial charge in [0.2, 0.25) is 0 Å². The number of amides is 2. The number of carbonyl (C=O) groups excluding carboxylic acids is 1. The van der Waals surface area contributed by atoms with Gasteiger partial charge in [0.1, 0.15) is 5.82 Å². The van der Waals surface area contributed by atoms with E-state index in [0.717, 1.165) is 11.4 Å². The molecule has 1 fully saturated rings. The lowest BCUT2D eigenvalue weighted by atomic mass is 9.90. The molecule has 1 unspecified atom stereocenters. The zero-order chi connectivity index (χ0) is 18.7. The van der Waals surface area contributed by atoms with E-state index >= 15 is 0 Å². The number of halogens is 1. The molecule has 0 aliphatic carbocycles. The number of carboxylic acids is 1. The minimum absolute atomic E-state index is 0.216. The second-order valence-corrected chi connectivity index (χ2v) is 6.75. The van der Waals surface area contributed by atoms with E-state index in [-0.39, 0.29) is 18.4 Å². The Morgan fingerprint density at radius 3 is 2.69 bits per heavy atom. The van der Waals surface area contributed by atoms with E-state index in [0.29, 0.717) is 25.9 Å². The second-order valence-electron chi connectivity index (χ2n) is 6.75. The minimum Gasteiger partial charge on any atom is -0.481 e. The number of likely N-dealkylation sites (tertiary alicyclic amines) is 1. The van der Waals surface area contributed by atoms with Crippen molar-refractivity contribution in [3.05, 3.63) is 48.0 Å². The van der Waals surface area contributed by atoms with E-state index in [9.17, 15) is 19.1 Å². The van der Waals surface area contributed by atoms with Crippen molar-refractivity contribution in [2.75, 3.05) is 19.6 Å². The van der Waals surface area contributed by atoms with Crippen molar-refractivity contribution >= 4 is 12.0 Å². The van der Waals surface area contributed by atoms with Crippen LogP contribution in [-0.2, 0) is 11.2 Å². The van der Waals surface area contributed by atoms with Gasteiger partial charge in [0.25, 0.3) is 0 Å². The van der Waals surface area contributed by atoms with Gasteiger partial charge in [0, 0.05) is 32.3 Å². The maximum Gasteiger partial charge on any atom is 0.317 e. The van der Waals surface area contributed by atoms with Crippen LogP contribution in [0.15, 0.2) is 36.5 Å². The highest BCUT2D eigenvalue weighted by Gasteiger charge is 2.42. The molecule has 1 aliphatic heterocycles. The fraction of sp³-hybridized carbons (Fsp3) is 0.389. The summed E-state index contributed by atoms with van der Waals surface area (Å²) in [6, 6.07) is 7.61. The van der Waals surface area contributed by atoms with Crippen LogP contribution < -0.4 is 5.32 Å². The third kappa shape index (κ3) is 3.84. The fourth-order valence-electron chi connectivity index (χ4n) is 2.95. The molecule has 8 heteroatoms. The highest BCUT2D eigenvalue weighted by molar-refractivity contribution is 5.79. The molecule has 2 amide bonds. The fourth-order valence-corrected chi connectivity index (χ4v) is 2.95. The van der Waals surface area contributed by atoms with E-state index in [2.05, 4.69) is 10.4 Å². The molecular weight excluding hydrogens is 339 g/mol. The maximum atomic E-state index is 13.0. The first kappa shape index (κ1) is 17.9. The first-order valence-corrected chi connectivity index (χ1v) is 8.44. The zero-order valence-corrected chi connectivity index (χ0v) is 14.5. The maximum absolute atomic E-state index is 13.0. The number of benzene rings is 1. The molecule has 1 aliphatic rings. The summed E-state index contributed by atoms with van der Waals surface area (Å²) in [4.78, 5) is 24.9. The molecule has 1 aromatic carbocycles. The summed E-state index contributed by atoms with van der Waals surface area (Å²) in [5, 5.41) is 16.4. The van der Waals surface area contributed by atoms with Gasteiger partial charge in [0.15, 0.2) is 0 Å². The van der Waals surface area contributed by atoms with Crippen LogP contribution in [0, 0.1) is 11.2 Å². The van der Waals surface area contributed by atoms with Crippen LogP contribution in [0.3, 0.4) is 0 Å². The highest BCUT2D eigenvalue weighted by atomic mass is 19.1. The Hall–Kier alpha value is -2.90. The third-order valence-electron chi connectivity index (χ3n) is 4.67. The van der Waals surface area contributed by atoms with Crippen LogP contribution in [0.2, 0.25) is 0 Å². The largest absolute Gasteiger partial charge is 0.481 e. The van der Waals surface area contributed by atoms with Gasteiger partial charge in [-0.15, -0.1) is 0 Å². The quantitative estimate of drug-likeness (QED) is 0.854. The topological polar surface area (TPSA) is 87.5 Å². The Balaban J connectivity index is 1.49. The number of carboxylic acid groups (broad SMARTS) is 1. The smallest absolute Gasteiger partial charge is 0.317 e. The molecule has 1 saturated heterocycles. The van der Waals surface area contributed by atoms with Crippen molar-refractivity contribution in [2.45, 2.75) is 19.8 Å². The molecule has 26 heavy (non-hydrogen) atoms. The minimum atomic E-state index is -0.876. The first-order chi connectivity index (χ1) is 12.4. The summed E-state index contributed by atoms with van der Waals surface area (Å²) in [5.41, 5.74) is 0.684. The van der Waals surface area contributed by atoms with Crippen molar-refractivity contribution in [3.8, 4) is 5.69 Å². The summed E-state index contributed by atoms with van der Waals surface area (Å²) in [6.07, 6.45) is 2.78.